The van der Waals surface area contributed by atoms with E-state index in [2.05, 4.69) is 4.98 Å². The van der Waals surface area contributed by atoms with Crippen LogP contribution in [0.4, 0.5) is 10.8 Å². The van der Waals surface area contributed by atoms with Gasteiger partial charge in [-0.15, -0.1) is 0 Å². The summed E-state index contributed by atoms with van der Waals surface area (Å²) >= 11 is 1.15. The molecule has 166 valence electrons. The molecule has 0 fully saturated rings. The number of carbonyl (C=O) groups excluding carboxylic acids is 2. The molecule has 0 spiro atoms. The van der Waals surface area contributed by atoms with Gasteiger partial charge in [-0.3, -0.25) is 19.3 Å². The standard InChI is InChI=1S/C25H21N3O4S/c1-13-23(14(2)29)33-25(26-13)28-20(15-9-11-16(12-10-15)27(3)4)19-21(30)17-7-5-6-8-18(17)32-22(19)24(28)31/h5-12,20H,1-4H3. The molecule has 0 saturated carbocycles. The first-order valence-corrected chi connectivity index (χ1v) is 11.2. The van der Waals surface area contributed by atoms with Crippen LogP contribution in [-0.2, 0) is 0 Å². The molecule has 1 amide bonds. The number of ketones is 1. The first-order chi connectivity index (χ1) is 15.8. The second-order valence-electron chi connectivity index (χ2n) is 8.20. The van der Waals surface area contributed by atoms with Crippen LogP contribution in [-0.4, -0.2) is 30.8 Å². The van der Waals surface area contributed by atoms with Gasteiger partial charge in [0.2, 0.25) is 5.76 Å². The molecule has 1 unspecified atom stereocenters. The summed E-state index contributed by atoms with van der Waals surface area (Å²) in [6.45, 7) is 3.21. The van der Waals surface area contributed by atoms with Crippen LogP contribution in [0.1, 0.15) is 50.0 Å². The second-order valence-corrected chi connectivity index (χ2v) is 9.18. The second kappa shape index (κ2) is 7.67. The van der Waals surface area contributed by atoms with Crippen molar-refractivity contribution in [3.05, 3.63) is 86.2 Å². The van der Waals surface area contributed by atoms with Crippen molar-refractivity contribution < 1.29 is 14.0 Å². The zero-order chi connectivity index (χ0) is 23.4. The number of hydrogen-bond acceptors (Lipinski definition) is 7. The van der Waals surface area contributed by atoms with Crippen molar-refractivity contribution in [2.75, 3.05) is 23.9 Å². The van der Waals surface area contributed by atoms with Gasteiger partial charge in [-0.1, -0.05) is 35.6 Å². The number of anilines is 2. The number of aryl methyl sites for hydroxylation is 1. The highest BCUT2D eigenvalue weighted by atomic mass is 32.1. The Labute approximate surface area is 193 Å². The van der Waals surface area contributed by atoms with E-state index in [1.54, 1.807) is 31.2 Å². The molecule has 4 aromatic rings. The highest BCUT2D eigenvalue weighted by Gasteiger charge is 2.45. The SMILES string of the molecule is CC(=O)c1sc(N2C(=O)c3oc4ccccc4c(=O)c3C2c2ccc(N(C)C)cc2)nc1C. The molecule has 1 atom stereocenters. The third-order valence-corrected chi connectivity index (χ3v) is 7.07. The van der Waals surface area contributed by atoms with E-state index in [4.69, 9.17) is 4.42 Å². The van der Waals surface area contributed by atoms with E-state index >= 15 is 0 Å². The largest absolute Gasteiger partial charge is 0.450 e. The van der Waals surface area contributed by atoms with Gasteiger partial charge in [0, 0.05) is 26.7 Å². The summed E-state index contributed by atoms with van der Waals surface area (Å²) in [6, 6.07) is 13.9. The molecule has 0 N–H and O–H groups in total. The fraction of sp³-hybridized carbons (Fsp3) is 0.200. The number of Topliss-reactive ketones (excluding diaryl/α,β-unsaturated/α-hetero) is 1. The lowest BCUT2D eigenvalue weighted by Crippen LogP contribution is -2.29. The Hall–Kier alpha value is -3.78. The first-order valence-electron chi connectivity index (χ1n) is 10.4. The van der Waals surface area contributed by atoms with Crippen LogP contribution < -0.4 is 15.2 Å². The lowest BCUT2D eigenvalue weighted by molar-refractivity contribution is 0.0969. The smallest absolute Gasteiger partial charge is 0.297 e. The van der Waals surface area contributed by atoms with Crippen LogP contribution in [0.15, 0.2) is 57.7 Å². The maximum atomic E-state index is 13.6. The van der Waals surface area contributed by atoms with Crippen LogP contribution in [0, 0.1) is 6.92 Å². The van der Waals surface area contributed by atoms with E-state index in [-0.39, 0.29) is 22.5 Å². The van der Waals surface area contributed by atoms with Gasteiger partial charge in [-0.05, 0) is 36.8 Å². The van der Waals surface area contributed by atoms with E-state index in [1.807, 2.05) is 43.3 Å². The quantitative estimate of drug-likeness (QED) is 0.416. The topological polar surface area (TPSA) is 83.7 Å². The highest BCUT2D eigenvalue weighted by Crippen LogP contribution is 2.43. The fourth-order valence-corrected chi connectivity index (χ4v) is 5.19. The van der Waals surface area contributed by atoms with Gasteiger partial charge in [0.1, 0.15) is 5.58 Å². The Balaban J connectivity index is 1.77. The van der Waals surface area contributed by atoms with Crippen molar-refractivity contribution in [3.8, 4) is 0 Å². The van der Waals surface area contributed by atoms with Crippen LogP contribution in [0.5, 0.6) is 0 Å². The van der Waals surface area contributed by atoms with Gasteiger partial charge in [0.15, 0.2) is 16.3 Å². The number of benzene rings is 2. The molecule has 0 saturated heterocycles. The van der Waals surface area contributed by atoms with E-state index < -0.39 is 11.9 Å². The molecule has 5 rings (SSSR count). The van der Waals surface area contributed by atoms with Gasteiger partial charge >= 0.3 is 0 Å². The van der Waals surface area contributed by atoms with Crippen molar-refractivity contribution in [1.29, 1.82) is 0 Å². The summed E-state index contributed by atoms with van der Waals surface area (Å²) in [4.78, 5) is 47.7. The lowest BCUT2D eigenvalue weighted by Gasteiger charge is -2.23. The molecular weight excluding hydrogens is 438 g/mol. The average Bonchev–Trinajstić information content (AvgIpc) is 3.32. The summed E-state index contributed by atoms with van der Waals surface area (Å²) in [6.07, 6.45) is 0. The third-order valence-electron chi connectivity index (χ3n) is 5.81. The van der Waals surface area contributed by atoms with Crippen molar-refractivity contribution in [3.63, 3.8) is 0 Å². The van der Waals surface area contributed by atoms with E-state index in [1.165, 1.54) is 11.8 Å². The molecule has 3 heterocycles. The van der Waals surface area contributed by atoms with Gasteiger partial charge in [0.25, 0.3) is 5.91 Å². The van der Waals surface area contributed by atoms with E-state index in [0.29, 0.717) is 26.7 Å². The fourth-order valence-electron chi connectivity index (χ4n) is 4.20. The molecule has 8 heteroatoms. The number of fused-ring (bicyclic) bond motifs is 2. The van der Waals surface area contributed by atoms with Crippen LogP contribution in [0.3, 0.4) is 0 Å². The minimum absolute atomic E-state index is 0.0117. The molecule has 7 nitrogen and oxygen atoms in total. The Morgan fingerprint density at radius 3 is 2.42 bits per heavy atom. The summed E-state index contributed by atoms with van der Waals surface area (Å²) in [5.74, 6) is -0.553. The normalized spacial score (nSPS) is 15.2. The minimum atomic E-state index is -0.713. The van der Waals surface area contributed by atoms with Crippen LogP contribution in [0.2, 0.25) is 0 Å². The van der Waals surface area contributed by atoms with Crippen LogP contribution in [0.25, 0.3) is 11.0 Å². The van der Waals surface area contributed by atoms with Gasteiger partial charge in [0.05, 0.1) is 27.6 Å². The van der Waals surface area contributed by atoms with Crippen molar-refractivity contribution in [2.45, 2.75) is 19.9 Å². The number of aromatic nitrogens is 1. The average molecular weight is 460 g/mol. The molecule has 0 bridgehead atoms. The number of nitrogens with zero attached hydrogens (tertiary/aromatic N) is 3. The summed E-state index contributed by atoms with van der Waals surface area (Å²) in [5.41, 5.74) is 2.70. The maximum absolute atomic E-state index is 13.6. The molecule has 1 aliphatic heterocycles. The number of rotatable bonds is 4. The number of amides is 1. The number of carbonyl (C=O) groups is 2. The molecule has 1 aliphatic rings. The third kappa shape index (κ3) is 3.25. The zero-order valence-electron chi connectivity index (χ0n) is 18.6. The van der Waals surface area contributed by atoms with Gasteiger partial charge in [-0.25, -0.2) is 4.98 Å². The van der Waals surface area contributed by atoms with Crippen molar-refractivity contribution in [1.82, 2.24) is 4.98 Å². The Morgan fingerprint density at radius 1 is 1.09 bits per heavy atom. The van der Waals surface area contributed by atoms with Gasteiger partial charge in [-0.2, -0.15) is 0 Å². The summed E-state index contributed by atoms with van der Waals surface area (Å²) in [5, 5.41) is 0.778. The number of thiazole rings is 1. The Morgan fingerprint density at radius 2 is 1.79 bits per heavy atom. The summed E-state index contributed by atoms with van der Waals surface area (Å²) in [7, 11) is 3.89. The molecule has 0 aliphatic carbocycles. The number of para-hydroxylation sites is 1. The number of hydrogen-bond donors (Lipinski definition) is 0. The first kappa shape index (κ1) is 21.1. The molecular formula is C25H21N3O4S. The summed E-state index contributed by atoms with van der Waals surface area (Å²) < 4.78 is 5.96. The predicted molar refractivity (Wildman–Crippen MR) is 129 cm³/mol. The van der Waals surface area contributed by atoms with E-state index in [9.17, 15) is 14.4 Å². The van der Waals surface area contributed by atoms with Crippen LogP contribution >= 0.6 is 11.3 Å². The molecule has 2 aromatic heterocycles. The highest BCUT2D eigenvalue weighted by molar-refractivity contribution is 7.17. The Bertz CT molecular complexity index is 1480. The Kier molecular flexibility index (Phi) is 4.90. The van der Waals surface area contributed by atoms with E-state index in [0.717, 1.165) is 22.6 Å². The molecule has 2 aromatic carbocycles. The minimum Gasteiger partial charge on any atom is -0.450 e. The zero-order valence-corrected chi connectivity index (χ0v) is 19.4. The lowest BCUT2D eigenvalue weighted by atomic mass is 9.98. The van der Waals surface area contributed by atoms with Gasteiger partial charge < -0.3 is 9.32 Å². The van der Waals surface area contributed by atoms with Crippen molar-refractivity contribution >= 4 is 44.8 Å². The molecule has 33 heavy (non-hydrogen) atoms. The molecule has 0 radical (unpaired) electrons. The predicted octanol–water partition coefficient (Wildman–Crippen LogP) is 4.58. The monoisotopic (exact) mass is 459 g/mol. The van der Waals surface area contributed by atoms with Crippen molar-refractivity contribution in [2.24, 2.45) is 0 Å². The maximum Gasteiger partial charge on any atom is 0.297 e.